The summed E-state index contributed by atoms with van der Waals surface area (Å²) in [6.45, 7) is 9.37. The van der Waals surface area contributed by atoms with Crippen molar-refractivity contribution in [1.29, 1.82) is 0 Å². The highest BCUT2D eigenvalue weighted by Crippen LogP contribution is 2.29. The van der Waals surface area contributed by atoms with Crippen molar-refractivity contribution in [3.8, 4) is 11.5 Å². The zero-order valence-corrected chi connectivity index (χ0v) is 16.2. The molecule has 1 amide bonds. The summed E-state index contributed by atoms with van der Waals surface area (Å²) in [5.41, 5.74) is 3.16. The van der Waals surface area contributed by atoms with Crippen LogP contribution in [0.25, 0.3) is 0 Å². The fraction of sp³-hybridized carbons (Fsp3) is 0.409. The third-order valence-corrected chi connectivity index (χ3v) is 4.11. The van der Waals surface area contributed by atoms with E-state index in [1.165, 1.54) is 5.56 Å². The van der Waals surface area contributed by atoms with Crippen LogP contribution in [0, 0.1) is 0 Å². The van der Waals surface area contributed by atoms with Crippen molar-refractivity contribution in [1.82, 2.24) is 0 Å². The van der Waals surface area contributed by atoms with Crippen LogP contribution in [-0.2, 0) is 11.2 Å². The predicted molar refractivity (Wildman–Crippen MR) is 106 cm³/mol. The Hall–Kier alpha value is -2.49. The molecule has 0 spiro atoms. The third kappa shape index (κ3) is 5.80. The molecule has 0 saturated carbocycles. The fourth-order valence-electron chi connectivity index (χ4n) is 2.68. The van der Waals surface area contributed by atoms with Gasteiger partial charge in [0.25, 0.3) is 0 Å². The van der Waals surface area contributed by atoms with Gasteiger partial charge in [-0.05, 0) is 61.6 Å². The zero-order chi connectivity index (χ0) is 18.9. The number of anilines is 1. The maximum atomic E-state index is 12.2. The van der Waals surface area contributed by atoms with Gasteiger partial charge in [-0.3, -0.25) is 4.79 Å². The van der Waals surface area contributed by atoms with Crippen LogP contribution in [0.4, 0.5) is 5.69 Å². The van der Waals surface area contributed by atoms with Gasteiger partial charge < -0.3 is 14.8 Å². The molecule has 1 N–H and O–H groups in total. The monoisotopic (exact) mass is 355 g/mol. The van der Waals surface area contributed by atoms with E-state index in [0.717, 1.165) is 22.7 Å². The lowest BCUT2D eigenvalue weighted by Gasteiger charge is -2.12. The molecule has 0 atom stereocenters. The number of aryl methyl sites for hydroxylation is 1. The number of hydrogen-bond acceptors (Lipinski definition) is 3. The number of carbonyl (C=O) groups is 1. The highest BCUT2D eigenvalue weighted by atomic mass is 16.5. The van der Waals surface area contributed by atoms with Crippen LogP contribution in [0.2, 0.25) is 0 Å². The van der Waals surface area contributed by atoms with E-state index >= 15 is 0 Å². The van der Waals surface area contributed by atoms with Gasteiger partial charge in [0, 0.05) is 12.1 Å². The van der Waals surface area contributed by atoms with Gasteiger partial charge in [-0.15, -0.1) is 0 Å². The molecule has 2 rings (SSSR count). The van der Waals surface area contributed by atoms with E-state index in [9.17, 15) is 4.79 Å². The molecule has 0 unspecified atom stereocenters. The Kier molecular flexibility index (Phi) is 7.52. The van der Waals surface area contributed by atoms with Gasteiger partial charge >= 0.3 is 0 Å². The van der Waals surface area contributed by atoms with Gasteiger partial charge in [-0.2, -0.15) is 0 Å². The van der Waals surface area contributed by atoms with E-state index in [1.54, 1.807) is 0 Å². The number of benzene rings is 2. The summed E-state index contributed by atoms with van der Waals surface area (Å²) < 4.78 is 11.2. The molecular formula is C22H29NO3. The molecule has 0 heterocycles. The van der Waals surface area contributed by atoms with Crippen molar-refractivity contribution in [3.63, 3.8) is 0 Å². The van der Waals surface area contributed by atoms with E-state index in [2.05, 4.69) is 31.3 Å². The lowest BCUT2D eigenvalue weighted by molar-refractivity contribution is -0.116. The first-order valence-corrected chi connectivity index (χ1v) is 9.31. The number of amides is 1. The van der Waals surface area contributed by atoms with Crippen molar-refractivity contribution >= 4 is 11.6 Å². The summed E-state index contributed by atoms with van der Waals surface area (Å²) in [4.78, 5) is 12.2. The van der Waals surface area contributed by atoms with E-state index in [0.29, 0.717) is 32.0 Å². The van der Waals surface area contributed by atoms with Crippen LogP contribution in [0.5, 0.6) is 11.5 Å². The maximum absolute atomic E-state index is 12.2. The SMILES string of the molecule is CCOc1ccc(CCC(=O)Nc2ccc(C(C)C)cc2)cc1OCC. The minimum Gasteiger partial charge on any atom is -0.490 e. The Morgan fingerprint density at radius 3 is 2.23 bits per heavy atom. The molecule has 140 valence electrons. The topological polar surface area (TPSA) is 47.6 Å². The van der Waals surface area contributed by atoms with Crippen molar-refractivity contribution in [2.45, 2.75) is 46.5 Å². The van der Waals surface area contributed by atoms with Crippen LogP contribution in [0.15, 0.2) is 42.5 Å². The summed E-state index contributed by atoms with van der Waals surface area (Å²) in [7, 11) is 0. The number of hydrogen-bond donors (Lipinski definition) is 1. The standard InChI is InChI=1S/C22H29NO3/c1-5-25-20-13-7-17(15-21(20)26-6-2)8-14-22(24)23-19-11-9-18(10-12-19)16(3)4/h7,9-13,15-16H,5-6,8,14H2,1-4H3,(H,23,24). The van der Waals surface area contributed by atoms with Crippen molar-refractivity contribution < 1.29 is 14.3 Å². The Labute approximate surface area is 156 Å². The highest BCUT2D eigenvalue weighted by Gasteiger charge is 2.09. The Morgan fingerprint density at radius 2 is 1.62 bits per heavy atom. The second-order valence-corrected chi connectivity index (χ2v) is 6.47. The Balaban J connectivity index is 1.92. The van der Waals surface area contributed by atoms with Crippen LogP contribution < -0.4 is 14.8 Å². The highest BCUT2D eigenvalue weighted by molar-refractivity contribution is 5.90. The number of rotatable bonds is 9. The van der Waals surface area contributed by atoms with Crippen LogP contribution in [-0.4, -0.2) is 19.1 Å². The Morgan fingerprint density at radius 1 is 0.962 bits per heavy atom. The smallest absolute Gasteiger partial charge is 0.224 e. The van der Waals surface area contributed by atoms with Crippen molar-refractivity contribution in [2.75, 3.05) is 18.5 Å². The summed E-state index contributed by atoms with van der Waals surface area (Å²) in [5.74, 6) is 1.97. The molecule has 0 aromatic heterocycles. The van der Waals surface area contributed by atoms with Gasteiger partial charge in [-0.25, -0.2) is 0 Å². The van der Waals surface area contributed by atoms with E-state index in [4.69, 9.17) is 9.47 Å². The molecule has 2 aromatic carbocycles. The van der Waals surface area contributed by atoms with Gasteiger partial charge in [0.15, 0.2) is 11.5 Å². The van der Waals surface area contributed by atoms with E-state index in [1.807, 2.05) is 44.2 Å². The number of nitrogens with one attached hydrogen (secondary N) is 1. The summed E-state index contributed by atoms with van der Waals surface area (Å²) in [6, 6.07) is 13.9. The molecule has 4 nitrogen and oxygen atoms in total. The normalized spacial score (nSPS) is 10.7. The molecular weight excluding hydrogens is 326 g/mol. The molecule has 4 heteroatoms. The van der Waals surface area contributed by atoms with E-state index in [-0.39, 0.29) is 5.91 Å². The van der Waals surface area contributed by atoms with Gasteiger partial charge in [0.05, 0.1) is 13.2 Å². The maximum Gasteiger partial charge on any atom is 0.224 e. The lowest BCUT2D eigenvalue weighted by Crippen LogP contribution is -2.12. The summed E-state index contributed by atoms with van der Waals surface area (Å²) in [5, 5.41) is 2.95. The van der Waals surface area contributed by atoms with Gasteiger partial charge in [-0.1, -0.05) is 32.0 Å². The molecule has 0 aliphatic rings. The molecule has 0 radical (unpaired) electrons. The minimum atomic E-state index is 0.00846. The van der Waals surface area contributed by atoms with Crippen LogP contribution in [0.3, 0.4) is 0 Å². The van der Waals surface area contributed by atoms with Gasteiger partial charge in [0.1, 0.15) is 0 Å². The van der Waals surface area contributed by atoms with Crippen molar-refractivity contribution in [3.05, 3.63) is 53.6 Å². The summed E-state index contributed by atoms with van der Waals surface area (Å²) in [6.07, 6.45) is 1.08. The average Bonchev–Trinajstić information content (AvgIpc) is 2.62. The largest absolute Gasteiger partial charge is 0.490 e. The molecule has 0 saturated heterocycles. The average molecular weight is 355 g/mol. The molecule has 0 bridgehead atoms. The first kappa shape index (κ1) is 19.8. The molecule has 26 heavy (non-hydrogen) atoms. The van der Waals surface area contributed by atoms with Gasteiger partial charge in [0.2, 0.25) is 5.91 Å². The fourth-order valence-corrected chi connectivity index (χ4v) is 2.68. The van der Waals surface area contributed by atoms with Crippen LogP contribution >= 0.6 is 0 Å². The minimum absolute atomic E-state index is 0.00846. The van der Waals surface area contributed by atoms with Crippen molar-refractivity contribution in [2.24, 2.45) is 0 Å². The second-order valence-electron chi connectivity index (χ2n) is 6.47. The third-order valence-electron chi connectivity index (χ3n) is 4.11. The molecule has 0 fully saturated rings. The molecule has 2 aromatic rings. The van der Waals surface area contributed by atoms with Crippen LogP contribution in [0.1, 0.15) is 51.2 Å². The molecule has 0 aliphatic carbocycles. The first-order valence-electron chi connectivity index (χ1n) is 9.31. The predicted octanol–water partition coefficient (Wildman–Crippen LogP) is 5.18. The number of carbonyl (C=O) groups excluding carboxylic acids is 1. The molecule has 0 aliphatic heterocycles. The quantitative estimate of drug-likeness (QED) is 0.674. The lowest BCUT2D eigenvalue weighted by atomic mass is 10.0. The summed E-state index contributed by atoms with van der Waals surface area (Å²) >= 11 is 0. The first-order chi connectivity index (χ1) is 12.5. The second kappa shape index (κ2) is 9.85. The number of ether oxygens (including phenoxy) is 2. The van der Waals surface area contributed by atoms with E-state index < -0.39 is 0 Å². The Bertz CT molecular complexity index is 708. The zero-order valence-electron chi connectivity index (χ0n) is 16.2.